The van der Waals surface area contributed by atoms with E-state index in [9.17, 15) is 35.5 Å². The number of aromatic nitrogens is 4. The number of hydrogen-bond donors (Lipinski definition) is 0. The molecule has 0 bridgehead atoms. The molecule has 39 heavy (non-hydrogen) atoms. The van der Waals surface area contributed by atoms with Crippen molar-refractivity contribution in [2.24, 2.45) is 7.05 Å². The van der Waals surface area contributed by atoms with Crippen LogP contribution < -0.4 is 4.74 Å². The molecule has 1 aromatic carbocycles. The molecule has 1 amide bonds. The smallest absolute Gasteiger partial charge is 0.437 e. The lowest BCUT2D eigenvalue weighted by Crippen LogP contribution is -2.51. The fourth-order valence-corrected chi connectivity index (χ4v) is 4.78. The van der Waals surface area contributed by atoms with Crippen LogP contribution in [0.25, 0.3) is 16.9 Å². The topological polar surface area (TPSA) is 65.2 Å². The second-order valence-electron chi connectivity index (χ2n) is 9.09. The van der Waals surface area contributed by atoms with Gasteiger partial charge in [-0.2, -0.15) is 40.9 Å². The molecule has 1 aliphatic carbocycles. The molecule has 3 heterocycles. The van der Waals surface area contributed by atoms with Gasteiger partial charge in [-0.05, 0) is 37.5 Å². The molecule has 0 radical (unpaired) electrons. The number of rotatable bonds is 5. The Bertz CT molecular complexity index is 1450. The summed E-state index contributed by atoms with van der Waals surface area (Å²) in [5.74, 6) is -2.43. The number of nitrogens with zero attached hydrogens (tertiary/aromatic N) is 5. The zero-order valence-electron chi connectivity index (χ0n) is 20.0. The molecule has 1 fully saturated rings. The molecule has 2 aliphatic rings. The third-order valence-corrected chi connectivity index (χ3v) is 6.95. The molecule has 16 heteroatoms. The van der Waals surface area contributed by atoms with Crippen molar-refractivity contribution in [1.82, 2.24) is 24.5 Å². The van der Waals surface area contributed by atoms with E-state index >= 15 is 4.39 Å². The number of hydrogen-bond acceptors (Lipinski definition) is 4. The van der Waals surface area contributed by atoms with Gasteiger partial charge in [-0.3, -0.25) is 4.79 Å². The van der Waals surface area contributed by atoms with Gasteiger partial charge >= 0.3 is 18.0 Å². The minimum atomic E-state index is -6.49. The standard InChI is InChI=1S/C23H18ClF8N5O2/c1-3-36(11-5-6-11)20(38)12-8-10(4-7-14(12)24)13-9-33-37-15(13)18(25)39-16-17(34-35(2)19(16)37)21(26,22(27,28)29)23(30,31)32/h4,7-9,11,18H,3,5-6H2,1-2H3. The van der Waals surface area contributed by atoms with E-state index in [1.807, 2.05) is 0 Å². The first-order valence-corrected chi connectivity index (χ1v) is 11.9. The Balaban J connectivity index is 1.63. The first-order valence-electron chi connectivity index (χ1n) is 11.5. The summed E-state index contributed by atoms with van der Waals surface area (Å²) in [5, 5.41) is 7.13. The highest BCUT2D eigenvalue weighted by atomic mass is 35.5. The molecule has 210 valence electrons. The summed E-state index contributed by atoms with van der Waals surface area (Å²) in [5.41, 5.74) is -8.24. The van der Waals surface area contributed by atoms with E-state index in [4.69, 9.17) is 16.3 Å². The van der Waals surface area contributed by atoms with Gasteiger partial charge in [-0.25, -0.2) is 13.8 Å². The van der Waals surface area contributed by atoms with Crippen LogP contribution >= 0.6 is 11.6 Å². The Labute approximate surface area is 219 Å². The summed E-state index contributed by atoms with van der Waals surface area (Å²) >= 11 is 6.26. The van der Waals surface area contributed by atoms with Crippen LogP contribution in [-0.4, -0.2) is 55.3 Å². The number of fused-ring (bicyclic) bond motifs is 3. The summed E-state index contributed by atoms with van der Waals surface area (Å²) < 4.78 is 117. The first-order chi connectivity index (χ1) is 18.1. The molecule has 0 N–H and O–H groups in total. The predicted octanol–water partition coefficient (Wildman–Crippen LogP) is 6.20. The molecular formula is C23H18ClF8N5O2. The van der Waals surface area contributed by atoms with Gasteiger partial charge < -0.3 is 9.64 Å². The molecule has 5 rings (SSSR count). The maximum atomic E-state index is 15.3. The highest BCUT2D eigenvalue weighted by Crippen LogP contribution is 2.57. The van der Waals surface area contributed by atoms with Crippen molar-refractivity contribution >= 4 is 17.5 Å². The molecule has 7 nitrogen and oxygen atoms in total. The normalized spacial score (nSPS) is 17.5. The van der Waals surface area contributed by atoms with Gasteiger partial charge in [0.15, 0.2) is 17.3 Å². The molecule has 2 aromatic heterocycles. The zero-order valence-corrected chi connectivity index (χ0v) is 20.8. The van der Waals surface area contributed by atoms with Crippen LogP contribution in [-0.2, 0) is 12.7 Å². The third-order valence-electron chi connectivity index (χ3n) is 6.62. The quantitative estimate of drug-likeness (QED) is 0.336. The van der Waals surface area contributed by atoms with Gasteiger partial charge in [-0.15, -0.1) is 0 Å². The van der Waals surface area contributed by atoms with E-state index in [2.05, 4.69) is 10.2 Å². The Morgan fingerprint density at radius 2 is 1.79 bits per heavy atom. The monoisotopic (exact) mass is 583 g/mol. The molecule has 0 spiro atoms. The van der Waals surface area contributed by atoms with E-state index in [1.54, 1.807) is 11.8 Å². The van der Waals surface area contributed by atoms with Crippen LogP contribution in [0.5, 0.6) is 5.75 Å². The number of halogens is 9. The minimum absolute atomic E-state index is 0.00856. The van der Waals surface area contributed by atoms with Gasteiger partial charge in [0.25, 0.3) is 12.3 Å². The van der Waals surface area contributed by atoms with Crippen molar-refractivity contribution < 1.29 is 44.7 Å². The predicted molar refractivity (Wildman–Crippen MR) is 120 cm³/mol. The number of benzene rings is 1. The average Bonchev–Trinajstić information content (AvgIpc) is 3.48. The van der Waals surface area contributed by atoms with Crippen LogP contribution in [0, 0.1) is 0 Å². The second-order valence-corrected chi connectivity index (χ2v) is 9.49. The molecule has 3 aromatic rings. The number of carbonyl (C=O) groups is 1. The third kappa shape index (κ3) is 4.03. The van der Waals surface area contributed by atoms with Crippen LogP contribution in [0.2, 0.25) is 5.02 Å². The maximum Gasteiger partial charge on any atom is 0.437 e. The lowest BCUT2D eigenvalue weighted by molar-refractivity contribution is -0.350. The molecule has 1 aliphatic heterocycles. The summed E-state index contributed by atoms with van der Waals surface area (Å²) in [4.78, 5) is 14.7. The van der Waals surface area contributed by atoms with E-state index in [0.717, 1.165) is 26.1 Å². The van der Waals surface area contributed by atoms with Crippen LogP contribution in [0.4, 0.5) is 35.1 Å². The number of carbonyl (C=O) groups excluding carboxylic acids is 1. The lowest BCUT2D eigenvalue weighted by Gasteiger charge is -2.30. The molecule has 1 atom stereocenters. The van der Waals surface area contributed by atoms with Gasteiger partial charge in [0, 0.05) is 25.2 Å². The van der Waals surface area contributed by atoms with Crippen LogP contribution in [0.1, 0.15) is 47.9 Å². The number of amides is 1. The molecule has 0 saturated heterocycles. The van der Waals surface area contributed by atoms with Crippen LogP contribution in [0.3, 0.4) is 0 Å². The van der Waals surface area contributed by atoms with Crippen molar-refractivity contribution in [3.63, 3.8) is 0 Å². The highest BCUT2D eigenvalue weighted by Gasteiger charge is 2.76. The van der Waals surface area contributed by atoms with Crippen molar-refractivity contribution in [2.75, 3.05) is 6.54 Å². The summed E-state index contributed by atoms with van der Waals surface area (Å²) in [7, 11) is 0.929. The van der Waals surface area contributed by atoms with E-state index in [1.165, 1.54) is 18.2 Å². The van der Waals surface area contributed by atoms with E-state index in [-0.39, 0.29) is 33.7 Å². The van der Waals surface area contributed by atoms with Gasteiger partial charge in [0.05, 0.1) is 16.8 Å². The van der Waals surface area contributed by atoms with Crippen molar-refractivity contribution in [1.29, 1.82) is 0 Å². The van der Waals surface area contributed by atoms with Gasteiger partial charge in [0.2, 0.25) is 0 Å². The Kier molecular flexibility index (Phi) is 6.16. The summed E-state index contributed by atoms with van der Waals surface area (Å²) in [6.45, 7) is 2.22. The van der Waals surface area contributed by atoms with Crippen molar-refractivity contribution in [3.8, 4) is 22.7 Å². The maximum absolute atomic E-state index is 15.3. The average molecular weight is 584 g/mol. The lowest BCUT2D eigenvalue weighted by atomic mass is 9.99. The Hall–Kier alpha value is -3.36. The minimum Gasteiger partial charge on any atom is -0.448 e. The number of aryl methyl sites for hydroxylation is 1. The SMILES string of the molecule is CCN(C(=O)c1cc(-c2cnn3c2C(F)Oc2c(C(F)(C(F)(F)F)C(F)(F)F)nn(C)c2-3)ccc1Cl)C1CC1. The molecule has 1 saturated carbocycles. The van der Waals surface area contributed by atoms with E-state index < -0.39 is 47.3 Å². The molecular weight excluding hydrogens is 566 g/mol. The Morgan fingerprint density at radius 3 is 2.36 bits per heavy atom. The van der Waals surface area contributed by atoms with Crippen molar-refractivity contribution in [3.05, 3.63) is 46.4 Å². The number of alkyl halides is 8. The van der Waals surface area contributed by atoms with Gasteiger partial charge in [-0.1, -0.05) is 17.7 Å². The fourth-order valence-electron chi connectivity index (χ4n) is 4.58. The summed E-state index contributed by atoms with van der Waals surface area (Å²) in [6, 6.07) is 4.28. The van der Waals surface area contributed by atoms with E-state index in [0.29, 0.717) is 15.9 Å². The first kappa shape index (κ1) is 27.2. The Morgan fingerprint density at radius 1 is 1.15 bits per heavy atom. The number of ether oxygens (including phenoxy) is 1. The summed E-state index contributed by atoms with van der Waals surface area (Å²) in [6.07, 6.45) is -12.9. The van der Waals surface area contributed by atoms with Gasteiger partial charge in [0.1, 0.15) is 5.69 Å². The van der Waals surface area contributed by atoms with Crippen LogP contribution in [0.15, 0.2) is 24.4 Å². The second kappa shape index (κ2) is 8.83. The highest BCUT2D eigenvalue weighted by molar-refractivity contribution is 6.34. The van der Waals surface area contributed by atoms with Crippen molar-refractivity contribution in [2.45, 2.75) is 50.2 Å². The largest absolute Gasteiger partial charge is 0.448 e. The zero-order chi connectivity index (χ0) is 28.7. The fraction of sp³-hybridized carbons (Fsp3) is 0.435. The molecule has 1 unspecified atom stereocenters.